The monoisotopic (exact) mass is 414 g/mol. The molecule has 0 saturated heterocycles. The summed E-state index contributed by atoms with van der Waals surface area (Å²) in [6, 6.07) is 21.5. The lowest BCUT2D eigenvalue weighted by atomic mass is 9.84. The van der Waals surface area contributed by atoms with E-state index in [0.717, 1.165) is 0 Å². The van der Waals surface area contributed by atoms with Crippen LogP contribution in [-0.2, 0) is 8.85 Å². The lowest BCUT2D eigenvalue weighted by Crippen LogP contribution is -2.49. The van der Waals surface area contributed by atoms with Gasteiger partial charge in [-0.1, -0.05) is 74.5 Å². The first-order valence-electron chi connectivity index (χ1n) is 10.4. The molecule has 2 aromatic rings. The Labute approximate surface area is 174 Å². The highest BCUT2D eigenvalue weighted by Crippen LogP contribution is 2.35. The van der Waals surface area contributed by atoms with Crippen LogP contribution < -0.4 is 0 Å². The number of benzene rings is 2. The van der Waals surface area contributed by atoms with Gasteiger partial charge in [0.2, 0.25) is 0 Å². The van der Waals surface area contributed by atoms with Crippen molar-refractivity contribution in [3.63, 3.8) is 0 Å². The second-order valence-corrected chi connectivity index (χ2v) is 18.7. The van der Waals surface area contributed by atoms with Crippen LogP contribution in [0.1, 0.15) is 36.8 Å². The van der Waals surface area contributed by atoms with Gasteiger partial charge in [0.15, 0.2) is 16.6 Å². The summed E-state index contributed by atoms with van der Waals surface area (Å²) >= 11 is 0. The summed E-state index contributed by atoms with van der Waals surface area (Å²) in [5, 5.41) is 0. The van der Waals surface area contributed by atoms with Crippen molar-refractivity contribution in [2.45, 2.75) is 77.2 Å². The third kappa shape index (κ3) is 7.00. The molecule has 0 aliphatic rings. The SMILES string of the molecule is CC(c1ccccc1)C(O[Si](C)(C)C)C(O[Si](C)(C)C)C(C)c1ccccc1. The molecule has 154 valence electrons. The first-order chi connectivity index (χ1) is 13.0. The summed E-state index contributed by atoms with van der Waals surface area (Å²) < 4.78 is 13.7. The fraction of sp³-hybridized carbons (Fsp3) is 0.500. The summed E-state index contributed by atoms with van der Waals surface area (Å²) in [4.78, 5) is 0. The Morgan fingerprint density at radius 1 is 0.536 bits per heavy atom. The zero-order valence-electron chi connectivity index (χ0n) is 18.9. The van der Waals surface area contributed by atoms with Gasteiger partial charge in [-0.25, -0.2) is 0 Å². The van der Waals surface area contributed by atoms with Crippen molar-refractivity contribution in [3.05, 3.63) is 71.8 Å². The maximum absolute atomic E-state index is 6.84. The quantitative estimate of drug-likeness (QED) is 0.410. The third-order valence-corrected chi connectivity index (χ3v) is 6.90. The summed E-state index contributed by atoms with van der Waals surface area (Å²) in [7, 11) is -3.53. The minimum absolute atomic E-state index is 0.0241. The Bertz CT molecular complexity index is 641. The van der Waals surface area contributed by atoms with Crippen molar-refractivity contribution < 1.29 is 8.85 Å². The van der Waals surface area contributed by atoms with Crippen molar-refractivity contribution >= 4 is 16.6 Å². The molecule has 0 aromatic heterocycles. The molecule has 0 heterocycles. The Hall–Kier alpha value is -1.21. The predicted molar refractivity (Wildman–Crippen MR) is 126 cm³/mol. The topological polar surface area (TPSA) is 18.5 Å². The van der Waals surface area contributed by atoms with Crippen molar-refractivity contribution in [2.75, 3.05) is 0 Å². The molecule has 2 nitrogen and oxygen atoms in total. The fourth-order valence-corrected chi connectivity index (χ4v) is 5.93. The lowest BCUT2D eigenvalue weighted by molar-refractivity contribution is 0.0162. The summed E-state index contributed by atoms with van der Waals surface area (Å²) in [5.41, 5.74) is 2.63. The molecule has 0 fully saturated rings. The molecule has 0 spiro atoms. The van der Waals surface area contributed by atoms with Crippen LogP contribution in [-0.4, -0.2) is 28.8 Å². The van der Waals surface area contributed by atoms with Crippen molar-refractivity contribution in [1.29, 1.82) is 0 Å². The maximum atomic E-state index is 6.84. The molecule has 4 atom stereocenters. The molecule has 28 heavy (non-hydrogen) atoms. The van der Waals surface area contributed by atoms with Gasteiger partial charge in [-0.15, -0.1) is 0 Å². The van der Waals surface area contributed by atoms with E-state index in [1.54, 1.807) is 0 Å². The number of hydrogen-bond acceptors (Lipinski definition) is 2. The Balaban J connectivity index is 2.47. The van der Waals surface area contributed by atoms with E-state index < -0.39 is 16.6 Å². The molecule has 0 amide bonds. The zero-order valence-corrected chi connectivity index (χ0v) is 20.9. The molecular weight excluding hydrogens is 376 g/mol. The van der Waals surface area contributed by atoms with Gasteiger partial charge in [-0.3, -0.25) is 0 Å². The average Bonchev–Trinajstić information content (AvgIpc) is 2.63. The van der Waals surface area contributed by atoms with E-state index in [0.29, 0.717) is 0 Å². The Morgan fingerprint density at radius 2 is 0.821 bits per heavy atom. The van der Waals surface area contributed by atoms with Crippen LogP contribution in [0.5, 0.6) is 0 Å². The molecule has 4 unspecified atom stereocenters. The Morgan fingerprint density at radius 3 is 1.07 bits per heavy atom. The smallest absolute Gasteiger partial charge is 0.184 e. The molecule has 0 saturated carbocycles. The van der Waals surface area contributed by atoms with E-state index >= 15 is 0 Å². The Kier molecular flexibility index (Phi) is 7.85. The molecule has 0 radical (unpaired) electrons. The molecule has 0 aliphatic carbocycles. The number of rotatable bonds is 9. The largest absolute Gasteiger partial charge is 0.412 e. The summed E-state index contributed by atoms with van der Waals surface area (Å²) in [6.07, 6.45) is 0.0481. The molecule has 0 N–H and O–H groups in total. The highest BCUT2D eigenvalue weighted by molar-refractivity contribution is 6.70. The molecular formula is C24H38O2Si2. The van der Waals surface area contributed by atoms with Crippen LogP contribution in [0.25, 0.3) is 0 Å². The van der Waals surface area contributed by atoms with Crippen LogP contribution in [0, 0.1) is 0 Å². The summed E-state index contributed by atoms with van der Waals surface area (Å²) in [5.74, 6) is 0.529. The highest BCUT2D eigenvalue weighted by Gasteiger charge is 2.39. The molecule has 2 aromatic carbocycles. The van der Waals surface area contributed by atoms with Crippen LogP contribution >= 0.6 is 0 Å². The standard InChI is InChI=1S/C24H38O2Si2/c1-19(21-15-11-9-12-16-21)23(25-27(3,4)5)24(26-28(6,7)8)20(2)22-17-13-10-14-18-22/h9-20,23-24H,1-8H3. The van der Waals surface area contributed by atoms with E-state index in [1.807, 2.05) is 0 Å². The number of hydrogen-bond donors (Lipinski definition) is 0. The first kappa shape index (κ1) is 23.1. The van der Waals surface area contributed by atoms with Gasteiger partial charge >= 0.3 is 0 Å². The molecule has 2 rings (SSSR count). The van der Waals surface area contributed by atoms with Crippen LogP contribution in [0.3, 0.4) is 0 Å². The second kappa shape index (κ2) is 9.53. The van der Waals surface area contributed by atoms with Gasteiger partial charge in [0.25, 0.3) is 0 Å². The zero-order chi connectivity index (χ0) is 20.9. The van der Waals surface area contributed by atoms with E-state index in [4.69, 9.17) is 8.85 Å². The molecule has 4 heteroatoms. The van der Waals surface area contributed by atoms with Crippen molar-refractivity contribution in [3.8, 4) is 0 Å². The molecule has 0 bridgehead atoms. The normalized spacial score (nSPS) is 17.0. The van der Waals surface area contributed by atoms with E-state index in [-0.39, 0.29) is 24.0 Å². The van der Waals surface area contributed by atoms with Gasteiger partial charge in [-0.05, 0) is 50.4 Å². The van der Waals surface area contributed by atoms with Gasteiger partial charge in [-0.2, -0.15) is 0 Å². The average molecular weight is 415 g/mol. The predicted octanol–water partition coefficient (Wildman–Crippen LogP) is 7.03. The van der Waals surface area contributed by atoms with Crippen molar-refractivity contribution in [1.82, 2.24) is 0 Å². The van der Waals surface area contributed by atoms with Gasteiger partial charge in [0.1, 0.15) is 0 Å². The third-order valence-electron chi connectivity index (χ3n) is 4.94. The van der Waals surface area contributed by atoms with E-state index in [1.165, 1.54) is 11.1 Å². The molecule has 0 aliphatic heterocycles. The van der Waals surface area contributed by atoms with Gasteiger partial charge < -0.3 is 8.85 Å². The second-order valence-electron chi connectivity index (χ2n) is 9.79. The van der Waals surface area contributed by atoms with E-state index in [9.17, 15) is 0 Å². The minimum Gasteiger partial charge on any atom is -0.412 e. The fourth-order valence-electron chi connectivity index (χ4n) is 3.62. The van der Waals surface area contributed by atoms with Crippen LogP contribution in [0.15, 0.2) is 60.7 Å². The summed E-state index contributed by atoms with van der Waals surface area (Å²) in [6.45, 7) is 18.2. The van der Waals surface area contributed by atoms with Gasteiger partial charge in [0.05, 0.1) is 12.2 Å². The van der Waals surface area contributed by atoms with Crippen LogP contribution in [0.2, 0.25) is 39.3 Å². The van der Waals surface area contributed by atoms with Gasteiger partial charge in [0, 0.05) is 11.8 Å². The lowest BCUT2D eigenvalue weighted by Gasteiger charge is -2.42. The minimum atomic E-state index is -1.77. The highest BCUT2D eigenvalue weighted by atomic mass is 28.4. The van der Waals surface area contributed by atoms with E-state index in [2.05, 4.69) is 114 Å². The van der Waals surface area contributed by atoms with Crippen molar-refractivity contribution in [2.24, 2.45) is 0 Å². The van der Waals surface area contributed by atoms with Crippen LogP contribution in [0.4, 0.5) is 0 Å². The first-order valence-corrected chi connectivity index (χ1v) is 17.2. The maximum Gasteiger partial charge on any atom is 0.184 e.